The van der Waals surface area contributed by atoms with Gasteiger partial charge in [-0.1, -0.05) is 50.8 Å². The third-order valence-corrected chi connectivity index (χ3v) is 13.3. The summed E-state index contributed by atoms with van der Waals surface area (Å²) in [6, 6.07) is 32.9. The molecule has 5 aromatic carbocycles. The van der Waals surface area contributed by atoms with Crippen LogP contribution < -0.4 is 24.8 Å². The van der Waals surface area contributed by atoms with E-state index in [-0.39, 0.29) is 24.8 Å². The van der Waals surface area contributed by atoms with Crippen LogP contribution in [0.15, 0.2) is 78.9 Å². The van der Waals surface area contributed by atoms with E-state index in [1.807, 2.05) is 0 Å². The summed E-state index contributed by atoms with van der Waals surface area (Å²) in [5.74, 6) is 4.14. The number of hydrogen-bond acceptors (Lipinski definition) is 0. The molecule has 254 valence electrons. The van der Waals surface area contributed by atoms with Gasteiger partial charge in [-0.15, -0.1) is 11.1 Å². The average Bonchev–Trinajstić information content (AvgIpc) is 3.63. The van der Waals surface area contributed by atoms with Crippen LogP contribution in [0.4, 0.5) is 0 Å². The van der Waals surface area contributed by atoms with Crippen molar-refractivity contribution >= 4 is 14.0 Å². The van der Waals surface area contributed by atoms with Crippen LogP contribution in [0.1, 0.15) is 96.0 Å². The monoisotopic (exact) mass is 762 g/mol. The molecule has 0 aliphatic heterocycles. The van der Waals surface area contributed by atoms with Crippen molar-refractivity contribution in [2.75, 3.05) is 0 Å². The molecule has 0 aromatic heterocycles. The molecule has 3 heteroatoms. The molecule has 0 spiro atoms. The van der Waals surface area contributed by atoms with E-state index in [4.69, 9.17) is 0 Å². The van der Waals surface area contributed by atoms with Crippen molar-refractivity contribution in [1.29, 1.82) is 0 Å². The normalized spacial score (nSPS) is 23.6. The van der Waals surface area contributed by atoms with E-state index in [0.717, 1.165) is 30.1 Å². The molecule has 4 bridgehead atoms. The number of halogens is 2. The molecule has 5 aliphatic carbocycles. The van der Waals surface area contributed by atoms with Crippen molar-refractivity contribution in [1.82, 2.24) is 0 Å². The minimum absolute atomic E-state index is 0. The Labute approximate surface area is 323 Å². The minimum Gasteiger partial charge on any atom is -1.00 e. The molecule has 4 fully saturated rings. The van der Waals surface area contributed by atoms with Gasteiger partial charge in [0.05, 0.1) is 0 Å². The fraction of sp³-hybridized carbons (Fsp3) is 0.391. The van der Waals surface area contributed by atoms with E-state index in [1.54, 1.807) is 12.0 Å². The fourth-order valence-electron chi connectivity index (χ4n) is 9.60. The zero-order valence-corrected chi connectivity index (χ0v) is 34.3. The summed E-state index contributed by atoms with van der Waals surface area (Å²) in [7, 11) is 0. The van der Waals surface area contributed by atoms with Crippen LogP contribution >= 0.6 is 0 Å². The first kappa shape index (κ1) is 38.1. The summed E-state index contributed by atoms with van der Waals surface area (Å²) in [5, 5.41) is 2.66. The van der Waals surface area contributed by atoms with E-state index >= 15 is 0 Å². The molecular weight excluding hydrogens is 715 g/mol. The standard InChI is InChI=1S/C17H23.C17H17.C12H10.2ClH.Zr/c1-11-3-4-14(5-11)17(2)15-7-12-6-13(9-15)10-16(17)8-12;1-10-5-14-9-15-6-11(2)13(4)8-17(15)16(14)7-12(10)3;1-2-10-7-8-11-5-3-4-6-12(11)9-10;;;/h3-5,12-13,15-16H,6-10H2,1-2H3;5,7-8H,9H2,1-4H3;3-9H,1H3;2*1H;/q2*-1;;;;+2/p-2. The Morgan fingerprint density at radius 2 is 1.35 bits per heavy atom. The Kier molecular flexibility index (Phi) is 11.8. The van der Waals surface area contributed by atoms with Crippen LogP contribution in [0, 0.1) is 64.4 Å². The zero-order valence-electron chi connectivity index (χ0n) is 30.3. The molecule has 0 radical (unpaired) electrons. The molecule has 0 heterocycles. The molecule has 0 amide bonds. The summed E-state index contributed by atoms with van der Waals surface area (Å²) in [5.41, 5.74) is 16.0. The maximum atomic E-state index is 3.54. The maximum Gasteiger partial charge on any atom is -0.0253 e. The molecule has 49 heavy (non-hydrogen) atoms. The minimum atomic E-state index is 0. The van der Waals surface area contributed by atoms with Gasteiger partial charge in [-0.3, -0.25) is 0 Å². The van der Waals surface area contributed by atoms with Crippen LogP contribution in [0.3, 0.4) is 0 Å². The summed E-state index contributed by atoms with van der Waals surface area (Å²) < 4.78 is 1.46. The van der Waals surface area contributed by atoms with Crippen LogP contribution in [0.25, 0.3) is 21.9 Å². The van der Waals surface area contributed by atoms with Crippen molar-refractivity contribution in [3.8, 4) is 11.1 Å². The molecule has 0 N–H and O–H groups in total. The van der Waals surface area contributed by atoms with Gasteiger partial charge in [-0.05, 0) is 92.7 Å². The first-order valence-electron chi connectivity index (χ1n) is 17.9. The molecule has 4 saturated carbocycles. The second kappa shape index (κ2) is 15.2. The summed E-state index contributed by atoms with van der Waals surface area (Å²) in [6.45, 7) is 15.7. The van der Waals surface area contributed by atoms with Crippen molar-refractivity contribution in [2.45, 2.75) is 92.4 Å². The third kappa shape index (κ3) is 7.43. The van der Waals surface area contributed by atoms with E-state index in [2.05, 4.69) is 133 Å². The molecule has 5 aromatic rings. The van der Waals surface area contributed by atoms with Gasteiger partial charge in [0.15, 0.2) is 0 Å². The van der Waals surface area contributed by atoms with Gasteiger partial charge in [0, 0.05) is 0 Å². The number of fused-ring (bicyclic) bond motifs is 4. The quantitative estimate of drug-likeness (QED) is 0.200. The zero-order chi connectivity index (χ0) is 33.0. The molecule has 0 atom stereocenters. The van der Waals surface area contributed by atoms with Gasteiger partial charge >= 0.3 is 93.2 Å². The summed E-state index contributed by atoms with van der Waals surface area (Å²) in [6.07, 6.45) is 8.69. The van der Waals surface area contributed by atoms with Crippen molar-refractivity contribution in [3.63, 3.8) is 0 Å². The second-order valence-electron chi connectivity index (χ2n) is 15.7. The Balaban J connectivity index is 0.000000142. The molecule has 0 saturated heterocycles. The molecule has 5 aliphatic rings. The van der Waals surface area contributed by atoms with Gasteiger partial charge in [0.25, 0.3) is 0 Å². The number of hydrogen-bond donors (Lipinski definition) is 0. The van der Waals surface area contributed by atoms with Crippen LogP contribution in [0.5, 0.6) is 0 Å². The predicted molar refractivity (Wildman–Crippen MR) is 197 cm³/mol. The van der Waals surface area contributed by atoms with Crippen LogP contribution in [0.2, 0.25) is 0 Å². The van der Waals surface area contributed by atoms with E-state index in [9.17, 15) is 0 Å². The van der Waals surface area contributed by atoms with Crippen LogP contribution in [-0.2, 0) is 36.1 Å². The Hall–Kier alpha value is -2.18. The smallest absolute Gasteiger partial charge is 0.0253 e. The number of rotatable bonds is 2. The Morgan fingerprint density at radius 1 is 0.735 bits per heavy atom. The maximum absolute atomic E-state index is 3.54. The Bertz CT molecular complexity index is 1890. The van der Waals surface area contributed by atoms with Gasteiger partial charge in [-0.25, -0.2) is 6.07 Å². The molecule has 0 nitrogen and oxygen atoms in total. The Morgan fingerprint density at radius 3 is 1.96 bits per heavy atom. The topological polar surface area (TPSA) is 0 Å². The van der Waals surface area contributed by atoms with Crippen molar-refractivity contribution in [2.24, 2.45) is 23.7 Å². The van der Waals surface area contributed by atoms with E-state index in [1.165, 1.54) is 120 Å². The van der Waals surface area contributed by atoms with Gasteiger partial charge in [0.2, 0.25) is 0 Å². The largest absolute Gasteiger partial charge is 1.00 e. The molecular formula is C46H50Cl2Zr-2. The molecule has 0 unspecified atom stereocenters. The molecule has 10 rings (SSSR count). The van der Waals surface area contributed by atoms with E-state index in [0.29, 0.717) is 5.41 Å². The van der Waals surface area contributed by atoms with Gasteiger partial charge < -0.3 is 24.8 Å². The van der Waals surface area contributed by atoms with E-state index < -0.39 is 0 Å². The van der Waals surface area contributed by atoms with Crippen molar-refractivity contribution < 1.29 is 49.0 Å². The number of benzene rings is 4. The third-order valence-electron chi connectivity index (χ3n) is 12.5. The SMILES string of the molecule is C[C](=[Zr+2])c1ccc2ccccc2c1.Cc1[c-]c2c(cc1C)-c1cc(C)c(C)cc1C2.Cc1cc(C2(C)C3CC4CC(C3)CC2C4)c[cH-]1.[Cl-].[Cl-]. The van der Waals surface area contributed by atoms with Crippen LogP contribution in [-0.4, -0.2) is 3.21 Å². The first-order chi connectivity index (χ1) is 22.5. The predicted octanol–water partition coefficient (Wildman–Crippen LogP) is 5.65. The van der Waals surface area contributed by atoms with Gasteiger partial charge in [-0.2, -0.15) is 46.5 Å². The van der Waals surface area contributed by atoms with Gasteiger partial charge in [0.1, 0.15) is 0 Å². The first-order valence-corrected chi connectivity index (χ1v) is 19.1. The number of aryl methyl sites for hydroxylation is 5. The summed E-state index contributed by atoms with van der Waals surface area (Å²) in [4.78, 5) is 0. The average molecular weight is 765 g/mol. The van der Waals surface area contributed by atoms with Crippen molar-refractivity contribution in [3.05, 3.63) is 135 Å². The second-order valence-corrected chi connectivity index (χ2v) is 17.5. The fourth-order valence-corrected chi connectivity index (χ4v) is 9.98. The summed E-state index contributed by atoms with van der Waals surface area (Å²) >= 11 is 1.50.